The Balaban J connectivity index is 2.00. The van der Waals surface area contributed by atoms with Crippen molar-refractivity contribution in [2.45, 2.75) is 39.2 Å². The molecule has 1 aromatic carbocycles. The number of aryl methyl sites for hydroxylation is 1. The first-order chi connectivity index (χ1) is 9.63. The lowest BCUT2D eigenvalue weighted by molar-refractivity contribution is -0.117. The van der Waals surface area contributed by atoms with E-state index in [2.05, 4.69) is 12.2 Å². The molecular formula is C17H23NO2. The molecule has 0 aromatic heterocycles. The number of aliphatic hydroxyl groups is 1. The molecule has 3 nitrogen and oxygen atoms in total. The molecule has 0 aliphatic heterocycles. The van der Waals surface area contributed by atoms with E-state index in [-0.39, 0.29) is 18.6 Å². The minimum Gasteiger partial charge on any atom is -0.394 e. The number of rotatable bonds is 6. The zero-order valence-electron chi connectivity index (χ0n) is 12.2. The second kappa shape index (κ2) is 6.71. The molecule has 1 aliphatic carbocycles. The molecule has 2 N–H and O–H groups in total. The van der Waals surface area contributed by atoms with Gasteiger partial charge in [0.15, 0.2) is 0 Å². The maximum absolute atomic E-state index is 12.0. The molecule has 2 rings (SSSR count). The van der Waals surface area contributed by atoms with Crippen molar-refractivity contribution in [2.24, 2.45) is 5.92 Å². The lowest BCUT2D eigenvalue weighted by Gasteiger charge is -2.16. The molecule has 0 radical (unpaired) electrons. The van der Waals surface area contributed by atoms with Gasteiger partial charge in [0.05, 0.1) is 12.6 Å². The van der Waals surface area contributed by atoms with Crippen LogP contribution < -0.4 is 5.32 Å². The topological polar surface area (TPSA) is 49.3 Å². The molecule has 1 saturated carbocycles. The van der Waals surface area contributed by atoms with Crippen LogP contribution in [0, 0.1) is 5.92 Å². The van der Waals surface area contributed by atoms with Crippen LogP contribution in [0.15, 0.2) is 35.9 Å². The minimum atomic E-state index is -0.336. The van der Waals surface area contributed by atoms with E-state index in [1.807, 2.05) is 31.2 Å². The van der Waals surface area contributed by atoms with E-state index in [4.69, 9.17) is 0 Å². The monoisotopic (exact) mass is 273 g/mol. The number of nitrogens with one attached hydrogen (secondary N) is 1. The van der Waals surface area contributed by atoms with Crippen molar-refractivity contribution in [1.82, 2.24) is 5.32 Å². The number of carbonyl (C=O) groups excluding carboxylic acids is 1. The van der Waals surface area contributed by atoms with Crippen LogP contribution >= 0.6 is 0 Å². The van der Waals surface area contributed by atoms with Crippen LogP contribution in [0.25, 0.3) is 0 Å². The average molecular weight is 273 g/mol. The summed E-state index contributed by atoms with van der Waals surface area (Å²) in [5, 5.41) is 12.3. The van der Waals surface area contributed by atoms with E-state index in [1.165, 1.54) is 18.4 Å². The smallest absolute Gasteiger partial charge is 0.244 e. The van der Waals surface area contributed by atoms with Crippen LogP contribution in [-0.2, 0) is 11.2 Å². The molecule has 0 saturated heterocycles. The van der Waals surface area contributed by atoms with Crippen LogP contribution in [0.2, 0.25) is 0 Å². The fraction of sp³-hybridized carbons (Fsp3) is 0.471. The van der Waals surface area contributed by atoms with E-state index >= 15 is 0 Å². The highest BCUT2D eigenvalue weighted by Gasteiger charge is 2.23. The maximum Gasteiger partial charge on any atom is 0.244 e. The van der Waals surface area contributed by atoms with Crippen molar-refractivity contribution in [1.29, 1.82) is 0 Å². The highest BCUT2D eigenvalue weighted by atomic mass is 16.3. The molecule has 0 bridgehead atoms. The SMILES string of the molecule is CCc1ccc(C(CO)NC(=O)/C=C(/C)C2CC2)cc1. The molecule has 1 unspecified atom stereocenters. The van der Waals surface area contributed by atoms with Crippen LogP contribution in [0.1, 0.15) is 43.9 Å². The number of hydrogen-bond donors (Lipinski definition) is 2. The third-order valence-corrected chi connectivity index (χ3v) is 3.87. The molecular weight excluding hydrogens is 250 g/mol. The fourth-order valence-electron chi connectivity index (χ4n) is 2.30. The molecule has 0 heterocycles. The van der Waals surface area contributed by atoms with Crippen LogP contribution in [0.4, 0.5) is 0 Å². The number of benzene rings is 1. The summed E-state index contributed by atoms with van der Waals surface area (Å²) in [4.78, 5) is 12.0. The van der Waals surface area contributed by atoms with E-state index in [0.29, 0.717) is 5.92 Å². The Kier molecular flexibility index (Phi) is 4.96. The zero-order valence-corrected chi connectivity index (χ0v) is 12.2. The summed E-state index contributed by atoms with van der Waals surface area (Å²) in [6.45, 7) is 4.01. The molecule has 1 aromatic rings. The summed E-state index contributed by atoms with van der Waals surface area (Å²) in [6, 6.07) is 7.68. The zero-order chi connectivity index (χ0) is 14.5. The van der Waals surface area contributed by atoms with Crippen molar-refractivity contribution in [3.05, 3.63) is 47.0 Å². The van der Waals surface area contributed by atoms with Crippen molar-refractivity contribution < 1.29 is 9.90 Å². The standard InChI is InChI=1S/C17H23NO2/c1-3-13-4-6-15(7-5-13)16(11-19)18-17(20)10-12(2)14-8-9-14/h4-7,10,14,16,19H,3,8-9,11H2,1-2H3,(H,18,20)/b12-10-. The molecule has 1 aliphatic rings. The Labute approximate surface area is 120 Å². The Morgan fingerprint density at radius 3 is 2.55 bits per heavy atom. The number of aliphatic hydroxyl groups excluding tert-OH is 1. The summed E-state index contributed by atoms with van der Waals surface area (Å²) >= 11 is 0. The number of hydrogen-bond acceptors (Lipinski definition) is 2. The second-order valence-corrected chi connectivity index (χ2v) is 5.50. The van der Waals surface area contributed by atoms with Gasteiger partial charge in [-0.2, -0.15) is 0 Å². The minimum absolute atomic E-state index is 0.0898. The van der Waals surface area contributed by atoms with Gasteiger partial charge in [0.25, 0.3) is 0 Å². The molecule has 0 spiro atoms. The second-order valence-electron chi connectivity index (χ2n) is 5.50. The highest BCUT2D eigenvalue weighted by molar-refractivity contribution is 5.88. The van der Waals surface area contributed by atoms with Crippen molar-refractivity contribution in [3.8, 4) is 0 Å². The lowest BCUT2D eigenvalue weighted by atomic mass is 10.0. The van der Waals surface area contributed by atoms with Crippen molar-refractivity contribution in [2.75, 3.05) is 6.61 Å². The van der Waals surface area contributed by atoms with Gasteiger partial charge in [0.1, 0.15) is 0 Å². The first kappa shape index (κ1) is 14.8. The first-order valence-corrected chi connectivity index (χ1v) is 7.32. The average Bonchev–Trinajstić information content (AvgIpc) is 3.29. The maximum atomic E-state index is 12.0. The summed E-state index contributed by atoms with van der Waals surface area (Å²) < 4.78 is 0. The summed E-state index contributed by atoms with van der Waals surface area (Å²) in [6.07, 6.45) is 5.04. The van der Waals surface area contributed by atoms with Gasteiger partial charge in [0, 0.05) is 6.08 Å². The number of carbonyl (C=O) groups is 1. The van der Waals surface area contributed by atoms with Gasteiger partial charge in [-0.25, -0.2) is 0 Å². The van der Waals surface area contributed by atoms with E-state index in [0.717, 1.165) is 17.6 Å². The molecule has 1 fully saturated rings. The first-order valence-electron chi connectivity index (χ1n) is 7.32. The predicted octanol–water partition coefficient (Wildman–Crippen LogP) is 2.75. The third kappa shape index (κ3) is 3.94. The third-order valence-electron chi connectivity index (χ3n) is 3.87. The molecule has 1 amide bonds. The van der Waals surface area contributed by atoms with Gasteiger partial charge in [-0.05, 0) is 43.2 Å². The molecule has 1 atom stereocenters. The quantitative estimate of drug-likeness (QED) is 0.783. The van der Waals surface area contributed by atoms with Gasteiger partial charge in [0.2, 0.25) is 5.91 Å². The number of allylic oxidation sites excluding steroid dienone is 1. The molecule has 3 heteroatoms. The van der Waals surface area contributed by atoms with Crippen LogP contribution in [0.5, 0.6) is 0 Å². The normalized spacial score (nSPS) is 16.9. The van der Waals surface area contributed by atoms with Crippen molar-refractivity contribution >= 4 is 5.91 Å². The Morgan fingerprint density at radius 2 is 2.05 bits per heavy atom. The van der Waals surface area contributed by atoms with Crippen molar-refractivity contribution in [3.63, 3.8) is 0 Å². The van der Waals surface area contributed by atoms with Gasteiger partial charge in [-0.1, -0.05) is 36.8 Å². The van der Waals surface area contributed by atoms with Gasteiger partial charge in [-0.15, -0.1) is 0 Å². The Morgan fingerprint density at radius 1 is 1.40 bits per heavy atom. The Bertz CT molecular complexity index is 486. The number of amides is 1. The summed E-state index contributed by atoms with van der Waals surface area (Å²) in [7, 11) is 0. The van der Waals surface area contributed by atoms with E-state index in [1.54, 1.807) is 6.08 Å². The highest BCUT2D eigenvalue weighted by Crippen LogP contribution is 2.35. The molecule has 20 heavy (non-hydrogen) atoms. The van der Waals surface area contributed by atoms with Gasteiger partial charge < -0.3 is 10.4 Å². The summed E-state index contributed by atoms with van der Waals surface area (Å²) in [5.74, 6) is 0.477. The lowest BCUT2D eigenvalue weighted by Crippen LogP contribution is -2.29. The van der Waals surface area contributed by atoms with E-state index < -0.39 is 0 Å². The largest absolute Gasteiger partial charge is 0.394 e. The predicted molar refractivity (Wildman–Crippen MR) is 80.3 cm³/mol. The Hall–Kier alpha value is -1.61. The molecule has 108 valence electrons. The van der Waals surface area contributed by atoms with Crippen LogP contribution in [0.3, 0.4) is 0 Å². The van der Waals surface area contributed by atoms with Gasteiger partial charge in [-0.3, -0.25) is 4.79 Å². The van der Waals surface area contributed by atoms with E-state index in [9.17, 15) is 9.90 Å². The fourth-order valence-corrected chi connectivity index (χ4v) is 2.30. The van der Waals surface area contributed by atoms with Crippen LogP contribution in [-0.4, -0.2) is 17.6 Å². The van der Waals surface area contributed by atoms with Gasteiger partial charge >= 0.3 is 0 Å². The summed E-state index contributed by atoms with van der Waals surface area (Å²) in [5.41, 5.74) is 3.33.